The van der Waals surface area contributed by atoms with Gasteiger partial charge in [0.2, 0.25) is 0 Å². The quantitative estimate of drug-likeness (QED) is 0.808. The molecule has 2 rings (SSSR count). The van der Waals surface area contributed by atoms with Crippen LogP contribution >= 0.6 is 15.9 Å². The van der Waals surface area contributed by atoms with Crippen molar-refractivity contribution in [2.45, 2.75) is 0 Å². The molecule has 0 spiro atoms. The van der Waals surface area contributed by atoms with Crippen LogP contribution in [0.4, 0.5) is 8.78 Å². The number of hydrogen-bond acceptors (Lipinski definition) is 4. The molecule has 0 unspecified atom stereocenters. The maximum atomic E-state index is 12.8. The lowest BCUT2D eigenvalue weighted by molar-refractivity contribution is 0.409. The van der Waals surface area contributed by atoms with E-state index in [2.05, 4.69) is 15.9 Å². The second kappa shape index (κ2) is 8.72. The second-order valence-electron chi connectivity index (χ2n) is 4.04. The molecule has 0 aliphatic carbocycles. The van der Waals surface area contributed by atoms with E-state index in [0.717, 1.165) is 6.07 Å². The molecule has 2 aromatic rings. The third kappa shape index (κ3) is 5.29. The first-order valence-electron chi connectivity index (χ1n) is 6.07. The molecule has 0 aliphatic rings. The van der Waals surface area contributed by atoms with Crippen LogP contribution in [0.25, 0.3) is 0 Å². The predicted molar refractivity (Wildman–Crippen MR) is 83.4 cm³/mol. The number of benzene rings is 2. The van der Waals surface area contributed by atoms with Crippen molar-refractivity contribution in [3.05, 3.63) is 52.5 Å². The summed E-state index contributed by atoms with van der Waals surface area (Å²) in [5.41, 5.74) is -0.186. The van der Waals surface area contributed by atoms with Crippen LogP contribution in [0.1, 0.15) is 0 Å². The van der Waals surface area contributed by atoms with E-state index in [4.69, 9.17) is 19.5 Å². The van der Waals surface area contributed by atoms with Crippen molar-refractivity contribution in [2.24, 2.45) is 0 Å². The van der Waals surface area contributed by atoms with Crippen molar-refractivity contribution >= 4 is 28.5 Å². The van der Waals surface area contributed by atoms with Crippen molar-refractivity contribution in [1.29, 1.82) is 0 Å². The van der Waals surface area contributed by atoms with Gasteiger partial charge in [0.25, 0.3) is 0 Å². The summed E-state index contributed by atoms with van der Waals surface area (Å²) in [4.78, 5) is 0. The molecule has 0 aromatic heterocycles. The highest BCUT2D eigenvalue weighted by atomic mass is 79.9. The number of rotatable bonds is 3. The maximum absolute atomic E-state index is 12.8. The summed E-state index contributed by atoms with van der Waals surface area (Å²) in [6.07, 6.45) is 0. The van der Waals surface area contributed by atoms with Crippen molar-refractivity contribution in [3.63, 3.8) is 0 Å². The molecule has 0 bridgehead atoms. The molecule has 0 saturated heterocycles. The molecule has 22 heavy (non-hydrogen) atoms. The van der Waals surface area contributed by atoms with Gasteiger partial charge in [0, 0.05) is 5.46 Å². The molecule has 0 fully saturated rings. The third-order valence-corrected chi connectivity index (χ3v) is 3.22. The monoisotopic (exact) mass is 374 g/mol. The number of hydrogen-bond donors (Lipinski definition) is 2. The van der Waals surface area contributed by atoms with Crippen molar-refractivity contribution in [3.8, 4) is 11.5 Å². The number of methoxy groups -OCH3 is 2. The van der Waals surface area contributed by atoms with Gasteiger partial charge in [-0.2, -0.15) is 0 Å². The van der Waals surface area contributed by atoms with Crippen molar-refractivity contribution in [2.75, 3.05) is 14.2 Å². The number of ether oxygens (including phenoxy) is 2. The Morgan fingerprint density at radius 1 is 0.909 bits per heavy atom. The molecule has 0 atom stereocenters. The summed E-state index contributed by atoms with van der Waals surface area (Å²) in [6, 6.07) is 8.26. The van der Waals surface area contributed by atoms with Crippen LogP contribution in [0, 0.1) is 11.6 Å². The first-order valence-corrected chi connectivity index (χ1v) is 6.87. The van der Waals surface area contributed by atoms with Crippen LogP contribution in [0.15, 0.2) is 40.9 Å². The highest BCUT2D eigenvalue weighted by Crippen LogP contribution is 2.20. The third-order valence-electron chi connectivity index (χ3n) is 2.61. The van der Waals surface area contributed by atoms with Crippen LogP contribution in [0.3, 0.4) is 0 Å². The maximum Gasteiger partial charge on any atom is 0.491 e. The summed E-state index contributed by atoms with van der Waals surface area (Å²) in [5, 5.41) is 17.4. The molecule has 2 aromatic carbocycles. The van der Waals surface area contributed by atoms with E-state index < -0.39 is 12.9 Å². The van der Waals surface area contributed by atoms with E-state index in [1.165, 1.54) is 25.3 Å². The van der Waals surface area contributed by atoms with Gasteiger partial charge >= 0.3 is 7.12 Å². The van der Waals surface area contributed by atoms with E-state index in [1.807, 2.05) is 0 Å². The highest BCUT2D eigenvalue weighted by Gasteiger charge is 2.16. The molecule has 0 heterocycles. The minimum atomic E-state index is -1.81. The first kappa shape index (κ1) is 18.4. The Hall–Kier alpha value is -1.64. The molecule has 118 valence electrons. The fraction of sp³-hybridized carbons (Fsp3) is 0.143. The Bertz CT molecular complexity index is 626. The lowest BCUT2D eigenvalue weighted by Crippen LogP contribution is -2.32. The Morgan fingerprint density at radius 2 is 1.41 bits per heavy atom. The Labute approximate surface area is 135 Å². The SMILES string of the molecule is COc1ccc(F)c(B(O)O)c1.COc1ccc(F)c(Br)c1. The van der Waals surface area contributed by atoms with Gasteiger partial charge in [-0.25, -0.2) is 8.78 Å². The average molecular weight is 375 g/mol. The first-order chi connectivity index (χ1) is 10.4. The van der Waals surface area contributed by atoms with Crippen LogP contribution in [-0.2, 0) is 0 Å². The van der Waals surface area contributed by atoms with Gasteiger partial charge in [-0.3, -0.25) is 0 Å². The topological polar surface area (TPSA) is 58.9 Å². The van der Waals surface area contributed by atoms with Gasteiger partial charge in [0.15, 0.2) is 0 Å². The molecular formula is C14H14BBrF2O4. The molecule has 0 amide bonds. The van der Waals surface area contributed by atoms with Crippen molar-refractivity contribution < 1.29 is 28.3 Å². The molecule has 8 heteroatoms. The predicted octanol–water partition coefficient (Wildman–Crippen LogP) is 2.11. The second-order valence-corrected chi connectivity index (χ2v) is 4.90. The van der Waals surface area contributed by atoms with Crippen LogP contribution < -0.4 is 14.9 Å². The van der Waals surface area contributed by atoms with E-state index in [1.54, 1.807) is 19.2 Å². The van der Waals surface area contributed by atoms with Gasteiger partial charge in [-0.1, -0.05) is 0 Å². The Morgan fingerprint density at radius 3 is 1.86 bits per heavy atom. The van der Waals surface area contributed by atoms with Gasteiger partial charge in [-0.15, -0.1) is 0 Å². The van der Waals surface area contributed by atoms with Crippen molar-refractivity contribution in [1.82, 2.24) is 0 Å². The minimum absolute atomic E-state index is 0.186. The lowest BCUT2D eigenvalue weighted by atomic mass is 9.80. The molecule has 0 saturated carbocycles. The minimum Gasteiger partial charge on any atom is -0.497 e. The van der Waals surface area contributed by atoms with E-state index in [-0.39, 0.29) is 11.3 Å². The fourth-order valence-corrected chi connectivity index (χ4v) is 1.81. The summed E-state index contributed by atoms with van der Waals surface area (Å²) < 4.78 is 35.4. The summed E-state index contributed by atoms with van der Waals surface area (Å²) in [7, 11) is 1.15. The van der Waals surface area contributed by atoms with E-state index in [9.17, 15) is 8.78 Å². The largest absolute Gasteiger partial charge is 0.497 e. The van der Waals surface area contributed by atoms with E-state index >= 15 is 0 Å². The molecule has 4 nitrogen and oxygen atoms in total. The fourth-order valence-electron chi connectivity index (χ4n) is 1.45. The average Bonchev–Trinajstić information content (AvgIpc) is 2.51. The van der Waals surface area contributed by atoms with Crippen LogP contribution in [0.5, 0.6) is 11.5 Å². The smallest absolute Gasteiger partial charge is 0.491 e. The van der Waals surface area contributed by atoms with Gasteiger partial charge in [-0.05, 0) is 52.3 Å². The summed E-state index contributed by atoms with van der Waals surface area (Å²) in [5.74, 6) is 0.0966. The van der Waals surface area contributed by atoms with E-state index in [0.29, 0.717) is 16.0 Å². The number of halogens is 3. The lowest BCUT2D eigenvalue weighted by Gasteiger charge is -2.04. The summed E-state index contributed by atoms with van der Waals surface area (Å²) in [6.45, 7) is 0. The zero-order valence-corrected chi connectivity index (χ0v) is 13.5. The molecule has 2 N–H and O–H groups in total. The summed E-state index contributed by atoms with van der Waals surface area (Å²) >= 11 is 3.03. The van der Waals surface area contributed by atoms with Crippen LogP contribution in [0.2, 0.25) is 0 Å². The van der Waals surface area contributed by atoms with Gasteiger partial charge in [0.1, 0.15) is 23.1 Å². The van der Waals surface area contributed by atoms with Gasteiger partial charge < -0.3 is 19.5 Å². The molecule has 0 aliphatic heterocycles. The molecule has 0 radical (unpaired) electrons. The highest BCUT2D eigenvalue weighted by molar-refractivity contribution is 9.10. The molecular weight excluding hydrogens is 361 g/mol. The normalized spacial score (nSPS) is 9.59. The Kier molecular flexibility index (Phi) is 7.30. The zero-order valence-electron chi connectivity index (χ0n) is 11.9. The zero-order chi connectivity index (χ0) is 16.7. The van der Waals surface area contributed by atoms with Crippen LogP contribution in [-0.4, -0.2) is 31.4 Å². The Balaban J connectivity index is 0.000000224. The standard InChI is InChI=1S/C7H8BFO3.C7H6BrFO/c1-12-5-2-3-7(9)6(4-5)8(10)11;1-10-5-2-3-7(9)6(8)4-5/h2-4,10-11H,1H3;2-4H,1H3. The van der Waals surface area contributed by atoms with Gasteiger partial charge in [0.05, 0.1) is 18.7 Å².